The van der Waals surface area contributed by atoms with E-state index in [1.165, 1.54) is 0 Å². The molecule has 3 rings (SSSR count). The van der Waals surface area contributed by atoms with Crippen LogP contribution in [0.25, 0.3) is 0 Å². The first-order valence-corrected chi connectivity index (χ1v) is 10.6. The SMILES string of the molecule is CCCC(C)CC(=O)c1cccc(Nc2ccc(C(=O)NC3=NCCCN3)cc2)c1. The molecular formula is C24H30N4O2. The Morgan fingerprint density at radius 1 is 1.10 bits per heavy atom. The molecule has 30 heavy (non-hydrogen) atoms. The fraction of sp³-hybridized carbons (Fsp3) is 0.375. The van der Waals surface area contributed by atoms with Crippen molar-refractivity contribution in [2.45, 2.75) is 39.5 Å². The maximum absolute atomic E-state index is 12.5. The van der Waals surface area contributed by atoms with E-state index >= 15 is 0 Å². The van der Waals surface area contributed by atoms with Gasteiger partial charge in [-0.05, 0) is 48.7 Å². The van der Waals surface area contributed by atoms with Crippen LogP contribution in [0.15, 0.2) is 53.5 Å². The number of nitrogens with one attached hydrogen (secondary N) is 3. The molecule has 0 aromatic heterocycles. The molecule has 0 spiro atoms. The molecule has 1 atom stereocenters. The molecule has 1 aliphatic heterocycles. The molecule has 2 aromatic rings. The summed E-state index contributed by atoms with van der Waals surface area (Å²) in [5.74, 6) is 0.908. The molecule has 0 saturated heterocycles. The van der Waals surface area contributed by atoms with Crippen LogP contribution in [0.3, 0.4) is 0 Å². The van der Waals surface area contributed by atoms with E-state index in [0.29, 0.717) is 23.9 Å². The Morgan fingerprint density at radius 3 is 2.60 bits per heavy atom. The molecule has 3 N–H and O–H groups in total. The largest absolute Gasteiger partial charge is 0.356 e. The van der Waals surface area contributed by atoms with E-state index in [1.807, 2.05) is 36.4 Å². The van der Waals surface area contributed by atoms with E-state index in [2.05, 4.69) is 34.8 Å². The van der Waals surface area contributed by atoms with Crippen LogP contribution in [-0.2, 0) is 0 Å². The number of carbonyl (C=O) groups is 2. The molecule has 158 valence electrons. The summed E-state index contributed by atoms with van der Waals surface area (Å²) in [6.07, 6.45) is 3.70. The van der Waals surface area contributed by atoms with Crippen molar-refractivity contribution >= 4 is 29.0 Å². The van der Waals surface area contributed by atoms with E-state index in [9.17, 15) is 9.59 Å². The summed E-state index contributed by atoms with van der Waals surface area (Å²) in [7, 11) is 0. The van der Waals surface area contributed by atoms with Crippen LogP contribution in [0.4, 0.5) is 11.4 Å². The highest BCUT2D eigenvalue weighted by Crippen LogP contribution is 2.21. The van der Waals surface area contributed by atoms with Crippen LogP contribution in [0.1, 0.15) is 60.2 Å². The van der Waals surface area contributed by atoms with Gasteiger partial charge in [0.05, 0.1) is 0 Å². The summed E-state index contributed by atoms with van der Waals surface area (Å²) in [6.45, 7) is 5.81. The third-order valence-electron chi connectivity index (χ3n) is 5.06. The molecule has 1 aliphatic rings. The Morgan fingerprint density at radius 2 is 1.90 bits per heavy atom. The zero-order valence-electron chi connectivity index (χ0n) is 17.7. The second-order valence-electron chi connectivity index (χ2n) is 7.77. The summed E-state index contributed by atoms with van der Waals surface area (Å²) in [5.41, 5.74) is 2.98. The minimum Gasteiger partial charge on any atom is -0.356 e. The van der Waals surface area contributed by atoms with E-state index in [1.54, 1.807) is 12.1 Å². The standard InChI is InChI=1S/C24H30N4O2/c1-3-6-17(2)15-22(29)19-7-4-8-21(16-19)27-20-11-9-18(10-12-20)23(30)28-24-25-13-5-14-26-24/h4,7-12,16-17,27H,3,5-6,13-15H2,1-2H3,(H2,25,26,28,30). The number of aliphatic imine (C=N–C) groups is 1. The van der Waals surface area contributed by atoms with Gasteiger partial charge in [0.15, 0.2) is 11.7 Å². The number of amides is 1. The van der Waals surface area contributed by atoms with Gasteiger partial charge in [0.2, 0.25) is 0 Å². The van der Waals surface area contributed by atoms with Gasteiger partial charge in [-0.2, -0.15) is 0 Å². The maximum atomic E-state index is 12.5. The number of hydrogen-bond acceptors (Lipinski definition) is 5. The molecule has 0 fully saturated rings. The molecule has 0 saturated carbocycles. The molecule has 2 aromatic carbocycles. The Hall–Kier alpha value is -3.15. The third kappa shape index (κ3) is 6.17. The molecule has 6 heteroatoms. The number of guanidine groups is 1. The molecule has 1 unspecified atom stereocenters. The van der Waals surface area contributed by atoms with Crippen LogP contribution < -0.4 is 16.0 Å². The second-order valence-corrected chi connectivity index (χ2v) is 7.77. The minimum absolute atomic E-state index is 0.172. The molecule has 0 bridgehead atoms. The molecule has 0 aliphatic carbocycles. The fourth-order valence-electron chi connectivity index (χ4n) is 3.47. The highest BCUT2D eigenvalue weighted by atomic mass is 16.2. The zero-order valence-corrected chi connectivity index (χ0v) is 17.7. The number of anilines is 2. The number of Topliss-reactive ketones (excluding diaryl/α,β-unsaturated/α-hetero) is 1. The van der Waals surface area contributed by atoms with Crippen molar-refractivity contribution in [2.75, 3.05) is 18.4 Å². The van der Waals surface area contributed by atoms with Gasteiger partial charge < -0.3 is 10.6 Å². The maximum Gasteiger partial charge on any atom is 0.257 e. The normalized spacial score (nSPS) is 14.3. The van der Waals surface area contributed by atoms with Crippen molar-refractivity contribution in [3.63, 3.8) is 0 Å². The van der Waals surface area contributed by atoms with E-state index < -0.39 is 0 Å². The van der Waals surface area contributed by atoms with Crippen LogP contribution >= 0.6 is 0 Å². The van der Waals surface area contributed by atoms with E-state index in [4.69, 9.17) is 0 Å². The van der Waals surface area contributed by atoms with Gasteiger partial charge in [-0.15, -0.1) is 0 Å². The molecule has 1 heterocycles. The predicted molar refractivity (Wildman–Crippen MR) is 122 cm³/mol. The van der Waals surface area contributed by atoms with Crippen molar-refractivity contribution in [3.05, 3.63) is 59.7 Å². The Kier molecular flexibility index (Phi) is 7.60. The number of benzene rings is 2. The van der Waals surface area contributed by atoms with Crippen LogP contribution in [0, 0.1) is 5.92 Å². The highest BCUT2D eigenvalue weighted by Gasteiger charge is 2.12. The van der Waals surface area contributed by atoms with Crippen molar-refractivity contribution in [2.24, 2.45) is 10.9 Å². The smallest absolute Gasteiger partial charge is 0.257 e. The number of rotatable bonds is 8. The lowest BCUT2D eigenvalue weighted by Gasteiger charge is -2.15. The van der Waals surface area contributed by atoms with Gasteiger partial charge in [0.1, 0.15) is 0 Å². The number of ketones is 1. The highest BCUT2D eigenvalue weighted by molar-refractivity contribution is 6.06. The first-order valence-electron chi connectivity index (χ1n) is 10.6. The predicted octanol–water partition coefficient (Wildman–Crippen LogP) is 4.52. The average Bonchev–Trinajstić information content (AvgIpc) is 2.75. The van der Waals surface area contributed by atoms with E-state index in [0.717, 1.165) is 49.3 Å². The van der Waals surface area contributed by atoms with Gasteiger partial charge in [0.25, 0.3) is 5.91 Å². The first-order chi connectivity index (χ1) is 14.5. The lowest BCUT2D eigenvalue weighted by Crippen LogP contribution is -2.43. The second kappa shape index (κ2) is 10.6. The number of nitrogens with zero attached hydrogens (tertiary/aromatic N) is 1. The quantitative estimate of drug-likeness (QED) is 0.563. The van der Waals surface area contributed by atoms with Crippen molar-refractivity contribution < 1.29 is 9.59 Å². The zero-order chi connectivity index (χ0) is 21.3. The summed E-state index contributed by atoms with van der Waals surface area (Å²) in [5, 5.41) is 9.17. The minimum atomic E-state index is -0.191. The topological polar surface area (TPSA) is 82.6 Å². The van der Waals surface area contributed by atoms with Gasteiger partial charge in [-0.25, -0.2) is 0 Å². The third-order valence-corrected chi connectivity index (χ3v) is 5.06. The summed E-state index contributed by atoms with van der Waals surface area (Å²) < 4.78 is 0. The van der Waals surface area contributed by atoms with Crippen molar-refractivity contribution in [1.29, 1.82) is 0 Å². The molecule has 6 nitrogen and oxygen atoms in total. The van der Waals surface area contributed by atoms with E-state index in [-0.39, 0.29) is 11.7 Å². The van der Waals surface area contributed by atoms with Gasteiger partial charge in [-0.3, -0.25) is 19.9 Å². The Balaban J connectivity index is 1.60. The average molecular weight is 407 g/mol. The number of hydrogen-bond donors (Lipinski definition) is 3. The fourth-order valence-corrected chi connectivity index (χ4v) is 3.47. The summed E-state index contributed by atoms with van der Waals surface area (Å²) in [4.78, 5) is 29.1. The Bertz CT molecular complexity index is 906. The number of carbonyl (C=O) groups excluding carboxylic acids is 2. The van der Waals surface area contributed by atoms with Gasteiger partial charge in [-0.1, -0.05) is 38.8 Å². The monoisotopic (exact) mass is 406 g/mol. The van der Waals surface area contributed by atoms with Crippen LogP contribution in [0.2, 0.25) is 0 Å². The summed E-state index contributed by atoms with van der Waals surface area (Å²) in [6, 6.07) is 14.8. The summed E-state index contributed by atoms with van der Waals surface area (Å²) >= 11 is 0. The van der Waals surface area contributed by atoms with Crippen LogP contribution in [-0.4, -0.2) is 30.7 Å². The van der Waals surface area contributed by atoms with Gasteiger partial charge >= 0.3 is 0 Å². The van der Waals surface area contributed by atoms with Crippen molar-refractivity contribution in [1.82, 2.24) is 10.6 Å². The Labute approximate surface area is 178 Å². The lowest BCUT2D eigenvalue weighted by atomic mass is 9.96. The van der Waals surface area contributed by atoms with Crippen molar-refractivity contribution in [3.8, 4) is 0 Å². The molecule has 0 radical (unpaired) electrons. The lowest BCUT2D eigenvalue weighted by molar-refractivity contribution is 0.0958. The van der Waals surface area contributed by atoms with Gasteiger partial charge in [0, 0.05) is 42.0 Å². The molecular weight excluding hydrogens is 376 g/mol. The molecule has 1 amide bonds. The van der Waals surface area contributed by atoms with Crippen LogP contribution in [0.5, 0.6) is 0 Å². The first kappa shape index (κ1) is 21.6.